The zero-order valence-electron chi connectivity index (χ0n) is 23.2. The number of anilines is 1. The van der Waals surface area contributed by atoms with Crippen LogP contribution in [-0.2, 0) is 27.2 Å². The van der Waals surface area contributed by atoms with Gasteiger partial charge in [-0.05, 0) is 47.9 Å². The quantitative estimate of drug-likeness (QED) is 0.459. The third-order valence-electron chi connectivity index (χ3n) is 7.94. The summed E-state index contributed by atoms with van der Waals surface area (Å²) in [5.74, 6) is 1.16. The first-order chi connectivity index (χ1) is 20.1. The second-order valence-corrected chi connectivity index (χ2v) is 10.8. The van der Waals surface area contributed by atoms with Crippen molar-refractivity contribution in [1.82, 2.24) is 25.4 Å². The summed E-state index contributed by atoms with van der Waals surface area (Å²) in [6.07, 6.45) is 13.3. The van der Waals surface area contributed by atoms with E-state index in [9.17, 15) is 9.59 Å². The molecule has 2 atom stereocenters. The van der Waals surface area contributed by atoms with Crippen molar-refractivity contribution in [3.05, 3.63) is 102 Å². The minimum Gasteiger partial charge on any atom is -0.378 e. The number of benzene rings is 1. The van der Waals surface area contributed by atoms with Crippen LogP contribution >= 0.6 is 0 Å². The number of carbonyl (C=O) groups is 2. The van der Waals surface area contributed by atoms with Crippen molar-refractivity contribution < 1.29 is 14.3 Å². The lowest BCUT2D eigenvalue weighted by molar-refractivity contribution is -0.118. The normalized spacial score (nSPS) is 21.6. The van der Waals surface area contributed by atoms with Crippen LogP contribution in [0.5, 0.6) is 0 Å². The molecule has 0 radical (unpaired) electrons. The number of amides is 1. The fourth-order valence-electron chi connectivity index (χ4n) is 5.81. The molecule has 0 bridgehead atoms. The van der Waals surface area contributed by atoms with Crippen molar-refractivity contribution >= 4 is 23.1 Å². The fraction of sp³-hybridized carbons (Fsp3) is 0.344. The van der Waals surface area contributed by atoms with Gasteiger partial charge in [-0.15, -0.1) is 0 Å². The van der Waals surface area contributed by atoms with Crippen molar-refractivity contribution in [2.75, 3.05) is 44.3 Å². The van der Waals surface area contributed by atoms with E-state index in [0.29, 0.717) is 6.42 Å². The van der Waals surface area contributed by atoms with Crippen LogP contribution < -0.4 is 15.5 Å². The van der Waals surface area contributed by atoms with Gasteiger partial charge in [-0.2, -0.15) is 0 Å². The van der Waals surface area contributed by atoms with E-state index >= 15 is 0 Å². The molecule has 4 aliphatic rings. The molecule has 0 spiro atoms. The minimum absolute atomic E-state index is 0.0923. The summed E-state index contributed by atoms with van der Waals surface area (Å²) < 4.78 is 5.53. The van der Waals surface area contributed by atoms with E-state index in [2.05, 4.69) is 73.5 Å². The second kappa shape index (κ2) is 12.0. The lowest BCUT2D eigenvalue weighted by Gasteiger charge is -2.38. The number of aromatic nitrogens is 1. The Bertz CT molecular complexity index is 1390. The van der Waals surface area contributed by atoms with E-state index in [4.69, 9.17) is 4.74 Å². The van der Waals surface area contributed by atoms with E-state index < -0.39 is 0 Å². The standard InChI is InChI=1S/C32H36N6O3/c1-2-31(40)34-25-11-13-37(21-25)27-10-12-33-26(19-27)20-28(39)18-23-6-8-24(9-7-23)29-22-38-30(35-29)4-3-5-32(38)36-14-16-41-17-15-36/h2-10,12,19,22,25,30,35H,1,11,13-18,20-21H2,(H,34,40). The van der Waals surface area contributed by atoms with E-state index in [1.807, 2.05) is 24.3 Å². The van der Waals surface area contributed by atoms with Crippen molar-refractivity contribution in [3.63, 3.8) is 0 Å². The number of carbonyl (C=O) groups excluding carboxylic acids is 2. The highest BCUT2D eigenvalue weighted by molar-refractivity contribution is 5.87. The number of morpholine rings is 1. The number of ketones is 1. The van der Waals surface area contributed by atoms with Gasteiger partial charge in [0.25, 0.3) is 0 Å². The molecule has 1 amide bonds. The van der Waals surface area contributed by atoms with Crippen LogP contribution in [0, 0.1) is 0 Å². The lowest BCUT2D eigenvalue weighted by atomic mass is 10.0. The van der Waals surface area contributed by atoms with Crippen LogP contribution in [0.3, 0.4) is 0 Å². The van der Waals surface area contributed by atoms with Gasteiger partial charge in [0, 0.05) is 68.8 Å². The van der Waals surface area contributed by atoms with E-state index in [1.54, 1.807) is 6.20 Å². The van der Waals surface area contributed by atoms with Crippen molar-refractivity contribution in [3.8, 4) is 0 Å². The van der Waals surface area contributed by atoms with Crippen LogP contribution in [0.25, 0.3) is 5.70 Å². The molecule has 5 heterocycles. The molecule has 1 aromatic heterocycles. The largest absolute Gasteiger partial charge is 0.378 e. The smallest absolute Gasteiger partial charge is 0.243 e. The van der Waals surface area contributed by atoms with Gasteiger partial charge in [0.15, 0.2) is 0 Å². The number of hydrogen-bond acceptors (Lipinski definition) is 8. The first-order valence-corrected chi connectivity index (χ1v) is 14.3. The van der Waals surface area contributed by atoms with Crippen LogP contribution in [0.2, 0.25) is 0 Å². The number of Topliss-reactive ketones (excluding diaryl/α,β-unsaturated/α-hetero) is 1. The van der Waals surface area contributed by atoms with Gasteiger partial charge in [-0.25, -0.2) is 0 Å². The number of hydrogen-bond donors (Lipinski definition) is 2. The van der Waals surface area contributed by atoms with E-state index in [1.165, 1.54) is 11.9 Å². The molecule has 0 aliphatic carbocycles. The molecule has 0 saturated carbocycles. The number of pyridine rings is 1. The summed E-state index contributed by atoms with van der Waals surface area (Å²) in [5.41, 5.74) is 4.93. The molecule has 41 heavy (non-hydrogen) atoms. The van der Waals surface area contributed by atoms with Gasteiger partial charge < -0.3 is 30.1 Å². The van der Waals surface area contributed by atoms with E-state index in [-0.39, 0.29) is 30.3 Å². The van der Waals surface area contributed by atoms with Crippen LogP contribution in [0.1, 0.15) is 23.2 Å². The first-order valence-electron chi connectivity index (χ1n) is 14.3. The Morgan fingerprint density at radius 2 is 1.93 bits per heavy atom. The molecule has 9 heteroatoms. The molecule has 2 saturated heterocycles. The van der Waals surface area contributed by atoms with Gasteiger partial charge in [-0.3, -0.25) is 14.6 Å². The van der Waals surface area contributed by atoms with Crippen molar-refractivity contribution in [1.29, 1.82) is 0 Å². The van der Waals surface area contributed by atoms with Crippen molar-refractivity contribution in [2.24, 2.45) is 0 Å². The number of fused-ring (bicyclic) bond motifs is 1. The Kier molecular flexibility index (Phi) is 7.86. The molecule has 1 aromatic carbocycles. The summed E-state index contributed by atoms with van der Waals surface area (Å²) in [6.45, 7) is 8.38. The highest BCUT2D eigenvalue weighted by atomic mass is 16.5. The zero-order chi connectivity index (χ0) is 28.2. The third-order valence-corrected chi connectivity index (χ3v) is 7.94. The summed E-state index contributed by atoms with van der Waals surface area (Å²) >= 11 is 0. The number of nitrogens with zero attached hydrogens (tertiary/aromatic N) is 4. The Balaban J connectivity index is 1.04. The minimum atomic E-state index is -0.148. The van der Waals surface area contributed by atoms with Crippen LogP contribution in [0.15, 0.2) is 85.5 Å². The number of allylic oxidation sites excluding steroid dienone is 2. The molecule has 6 rings (SSSR count). The number of nitrogens with one attached hydrogen (secondary N) is 2. The summed E-state index contributed by atoms with van der Waals surface area (Å²) in [6, 6.07) is 12.3. The lowest BCUT2D eigenvalue weighted by Crippen LogP contribution is -2.45. The molecule has 2 N–H and O–H groups in total. The summed E-state index contributed by atoms with van der Waals surface area (Å²) in [5, 5.41) is 6.57. The monoisotopic (exact) mass is 552 g/mol. The maximum atomic E-state index is 13.0. The van der Waals surface area contributed by atoms with Gasteiger partial charge >= 0.3 is 0 Å². The molecule has 2 fully saturated rings. The number of rotatable bonds is 9. The SMILES string of the molecule is C=CC(=O)NC1CCN(c2ccnc(CC(=O)Cc3ccc(C4=CN5C(N6CCOCC6)=CC=CC5N4)cc3)c2)C1. The molecular weight excluding hydrogens is 516 g/mol. The van der Waals surface area contributed by atoms with Crippen molar-refractivity contribution in [2.45, 2.75) is 31.5 Å². The van der Waals surface area contributed by atoms with Gasteiger partial charge in [0.2, 0.25) is 5.91 Å². The Morgan fingerprint density at radius 3 is 2.73 bits per heavy atom. The average Bonchev–Trinajstić information content (AvgIpc) is 3.65. The number of ether oxygens (including phenoxy) is 1. The Morgan fingerprint density at radius 1 is 1.10 bits per heavy atom. The van der Waals surface area contributed by atoms with Crippen LogP contribution in [-0.4, -0.2) is 78.1 Å². The fourth-order valence-corrected chi connectivity index (χ4v) is 5.81. The first kappa shape index (κ1) is 26.8. The molecular formula is C32H36N6O3. The maximum absolute atomic E-state index is 13.0. The summed E-state index contributed by atoms with van der Waals surface area (Å²) in [4.78, 5) is 35.9. The molecule has 2 aromatic rings. The average molecular weight is 553 g/mol. The van der Waals surface area contributed by atoms with E-state index in [0.717, 1.165) is 74.0 Å². The zero-order valence-corrected chi connectivity index (χ0v) is 23.2. The van der Waals surface area contributed by atoms with Gasteiger partial charge in [-0.1, -0.05) is 36.9 Å². The highest BCUT2D eigenvalue weighted by Crippen LogP contribution is 2.29. The Labute approximate surface area is 240 Å². The van der Waals surface area contributed by atoms with Crippen LogP contribution in [0.4, 0.5) is 5.69 Å². The highest BCUT2D eigenvalue weighted by Gasteiger charge is 2.30. The third kappa shape index (κ3) is 6.20. The maximum Gasteiger partial charge on any atom is 0.243 e. The summed E-state index contributed by atoms with van der Waals surface area (Å²) in [7, 11) is 0. The van der Waals surface area contributed by atoms with Gasteiger partial charge in [0.05, 0.1) is 18.9 Å². The van der Waals surface area contributed by atoms with Gasteiger partial charge in [0.1, 0.15) is 17.8 Å². The molecule has 9 nitrogen and oxygen atoms in total. The Hall–Kier alpha value is -4.37. The predicted molar refractivity (Wildman–Crippen MR) is 158 cm³/mol. The molecule has 212 valence electrons. The molecule has 2 unspecified atom stereocenters. The molecule has 4 aliphatic heterocycles. The predicted octanol–water partition coefficient (Wildman–Crippen LogP) is 2.59. The second-order valence-electron chi connectivity index (χ2n) is 10.8. The topological polar surface area (TPSA) is 90.0 Å².